The average molecular weight is 204 g/mol. The second-order valence-corrected chi connectivity index (χ2v) is 3.86. The fourth-order valence-electron chi connectivity index (χ4n) is 2.05. The number of carbonyl (C=O) groups is 1. The minimum atomic E-state index is -0.140. The van der Waals surface area contributed by atoms with Gasteiger partial charge < -0.3 is 11.1 Å². The van der Waals surface area contributed by atoms with Gasteiger partial charge in [0.15, 0.2) is 5.78 Å². The lowest BCUT2D eigenvalue weighted by atomic mass is 9.92. The highest BCUT2D eigenvalue weighted by atomic mass is 16.1. The summed E-state index contributed by atoms with van der Waals surface area (Å²) in [5.41, 5.74) is 7.77. The Morgan fingerprint density at radius 1 is 1.40 bits per heavy atom. The third kappa shape index (κ3) is 2.08. The van der Waals surface area contributed by atoms with E-state index in [1.54, 1.807) is 0 Å². The number of nitrogens with two attached hydrogens (primary N) is 1. The summed E-state index contributed by atoms with van der Waals surface area (Å²) < 4.78 is 0. The lowest BCUT2D eigenvalue weighted by molar-refractivity contribution is -0.122. The predicted molar refractivity (Wildman–Crippen MR) is 59.3 cm³/mol. The molecule has 2 rings (SSSR count). The molecule has 1 saturated heterocycles. The molecule has 3 N–H and O–H groups in total. The van der Waals surface area contributed by atoms with E-state index in [4.69, 9.17) is 5.73 Å². The second kappa shape index (κ2) is 4.55. The molecule has 0 bridgehead atoms. The number of hydrogen-bond acceptors (Lipinski definition) is 3. The number of piperidine rings is 1. The summed E-state index contributed by atoms with van der Waals surface area (Å²) in [7, 11) is 0. The molecule has 0 spiro atoms. The number of hydrogen-bond donors (Lipinski definition) is 2. The maximum atomic E-state index is 11.8. The molecule has 1 aromatic carbocycles. The minimum Gasteiger partial charge on any atom is -0.326 e. The SMILES string of the molecule is NCc1ccccc1C1NCCCC1=O. The quantitative estimate of drug-likeness (QED) is 0.759. The van der Waals surface area contributed by atoms with Gasteiger partial charge in [0.1, 0.15) is 0 Å². The average Bonchev–Trinajstić information content (AvgIpc) is 2.30. The van der Waals surface area contributed by atoms with Gasteiger partial charge in [-0.05, 0) is 24.1 Å². The molecule has 1 unspecified atom stereocenters. The van der Waals surface area contributed by atoms with Crippen molar-refractivity contribution < 1.29 is 4.79 Å². The molecule has 0 aromatic heterocycles. The molecular weight excluding hydrogens is 188 g/mol. The smallest absolute Gasteiger partial charge is 0.154 e. The fourth-order valence-corrected chi connectivity index (χ4v) is 2.05. The zero-order chi connectivity index (χ0) is 10.7. The maximum absolute atomic E-state index is 11.8. The summed E-state index contributed by atoms with van der Waals surface area (Å²) in [6.45, 7) is 1.40. The zero-order valence-corrected chi connectivity index (χ0v) is 8.70. The van der Waals surface area contributed by atoms with Gasteiger partial charge in [0.2, 0.25) is 0 Å². The molecule has 1 fully saturated rings. The lowest BCUT2D eigenvalue weighted by Crippen LogP contribution is -2.35. The molecule has 0 radical (unpaired) electrons. The van der Waals surface area contributed by atoms with Crippen molar-refractivity contribution in [3.05, 3.63) is 35.4 Å². The van der Waals surface area contributed by atoms with Crippen molar-refractivity contribution in [2.75, 3.05) is 6.54 Å². The predicted octanol–water partition coefficient (Wildman–Crippen LogP) is 1.14. The Kier molecular flexibility index (Phi) is 3.14. The van der Waals surface area contributed by atoms with E-state index < -0.39 is 0 Å². The lowest BCUT2D eigenvalue weighted by Gasteiger charge is -2.24. The molecular formula is C12H16N2O. The summed E-state index contributed by atoms with van der Waals surface area (Å²) in [5.74, 6) is 0.280. The fraction of sp³-hybridized carbons (Fsp3) is 0.417. The summed E-state index contributed by atoms with van der Waals surface area (Å²) in [5, 5.41) is 3.25. The van der Waals surface area contributed by atoms with Crippen molar-refractivity contribution in [2.24, 2.45) is 5.73 Å². The van der Waals surface area contributed by atoms with Crippen LogP contribution in [0.15, 0.2) is 24.3 Å². The van der Waals surface area contributed by atoms with Gasteiger partial charge in [-0.1, -0.05) is 24.3 Å². The Morgan fingerprint density at radius 2 is 2.20 bits per heavy atom. The molecule has 80 valence electrons. The van der Waals surface area contributed by atoms with E-state index >= 15 is 0 Å². The molecule has 1 aliphatic heterocycles. The van der Waals surface area contributed by atoms with Crippen LogP contribution in [0.5, 0.6) is 0 Å². The van der Waals surface area contributed by atoms with Crippen LogP contribution < -0.4 is 11.1 Å². The first-order valence-corrected chi connectivity index (χ1v) is 5.37. The first-order valence-electron chi connectivity index (χ1n) is 5.37. The van der Waals surface area contributed by atoms with Crippen molar-refractivity contribution in [2.45, 2.75) is 25.4 Å². The third-order valence-corrected chi connectivity index (χ3v) is 2.86. The molecule has 0 saturated carbocycles. The molecule has 0 amide bonds. The molecule has 15 heavy (non-hydrogen) atoms. The normalized spacial score (nSPS) is 21.7. The van der Waals surface area contributed by atoms with E-state index in [2.05, 4.69) is 5.32 Å². The van der Waals surface area contributed by atoms with Crippen LogP contribution in [-0.4, -0.2) is 12.3 Å². The first-order chi connectivity index (χ1) is 7.33. The van der Waals surface area contributed by atoms with E-state index in [1.165, 1.54) is 0 Å². The standard InChI is InChI=1S/C12H16N2O/c13-8-9-4-1-2-5-10(9)12-11(15)6-3-7-14-12/h1-2,4-5,12,14H,3,6-8,13H2. The Morgan fingerprint density at radius 3 is 2.93 bits per heavy atom. The highest BCUT2D eigenvalue weighted by Crippen LogP contribution is 2.22. The molecule has 3 nitrogen and oxygen atoms in total. The summed E-state index contributed by atoms with van der Waals surface area (Å²) in [6.07, 6.45) is 1.62. The van der Waals surface area contributed by atoms with Crippen molar-refractivity contribution in [3.63, 3.8) is 0 Å². The van der Waals surface area contributed by atoms with Crippen LogP contribution in [0.1, 0.15) is 30.0 Å². The van der Waals surface area contributed by atoms with Crippen LogP contribution in [-0.2, 0) is 11.3 Å². The monoisotopic (exact) mass is 204 g/mol. The van der Waals surface area contributed by atoms with Crippen LogP contribution in [0.3, 0.4) is 0 Å². The van der Waals surface area contributed by atoms with Crippen LogP contribution in [0, 0.1) is 0 Å². The van der Waals surface area contributed by atoms with Gasteiger partial charge in [-0.2, -0.15) is 0 Å². The Labute approximate surface area is 89.7 Å². The largest absolute Gasteiger partial charge is 0.326 e. The molecule has 1 aliphatic rings. The summed E-state index contributed by atoms with van der Waals surface area (Å²) in [6, 6.07) is 7.75. The van der Waals surface area contributed by atoms with Gasteiger partial charge in [0.25, 0.3) is 0 Å². The van der Waals surface area contributed by atoms with Crippen molar-refractivity contribution >= 4 is 5.78 Å². The molecule has 3 heteroatoms. The van der Waals surface area contributed by atoms with Crippen molar-refractivity contribution in [1.82, 2.24) is 5.32 Å². The van der Waals surface area contributed by atoms with Crippen LogP contribution >= 0.6 is 0 Å². The number of benzene rings is 1. The number of Topliss-reactive ketones (excluding diaryl/α,β-unsaturated/α-hetero) is 1. The van der Waals surface area contributed by atoms with Gasteiger partial charge in [-0.25, -0.2) is 0 Å². The van der Waals surface area contributed by atoms with Crippen molar-refractivity contribution in [1.29, 1.82) is 0 Å². The molecule has 1 heterocycles. The van der Waals surface area contributed by atoms with Crippen LogP contribution in [0.25, 0.3) is 0 Å². The van der Waals surface area contributed by atoms with Crippen molar-refractivity contribution in [3.8, 4) is 0 Å². The van der Waals surface area contributed by atoms with E-state index in [0.717, 1.165) is 24.1 Å². The zero-order valence-electron chi connectivity index (χ0n) is 8.70. The van der Waals surface area contributed by atoms with E-state index in [1.807, 2.05) is 24.3 Å². The second-order valence-electron chi connectivity index (χ2n) is 3.86. The number of carbonyl (C=O) groups excluding carboxylic acids is 1. The van der Waals surface area contributed by atoms with E-state index in [-0.39, 0.29) is 11.8 Å². The number of rotatable bonds is 2. The maximum Gasteiger partial charge on any atom is 0.154 e. The number of ketones is 1. The Balaban J connectivity index is 2.30. The molecule has 1 aromatic rings. The van der Waals surface area contributed by atoms with Gasteiger partial charge in [0.05, 0.1) is 6.04 Å². The Bertz CT molecular complexity index is 362. The highest BCUT2D eigenvalue weighted by molar-refractivity contribution is 5.86. The Hall–Kier alpha value is -1.19. The summed E-state index contributed by atoms with van der Waals surface area (Å²) >= 11 is 0. The topological polar surface area (TPSA) is 55.1 Å². The van der Waals surface area contributed by atoms with Gasteiger partial charge in [-0.15, -0.1) is 0 Å². The minimum absolute atomic E-state index is 0.140. The summed E-state index contributed by atoms with van der Waals surface area (Å²) in [4.78, 5) is 11.8. The highest BCUT2D eigenvalue weighted by Gasteiger charge is 2.24. The van der Waals surface area contributed by atoms with Crippen LogP contribution in [0.2, 0.25) is 0 Å². The van der Waals surface area contributed by atoms with E-state index in [9.17, 15) is 4.79 Å². The van der Waals surface area contributed by atoms with Gasteiger partial charge >= 0.3 is 0 Å². The van der Waals surface area contributed by atoms with Crippen LogP contribution in [0.4, 0.5) is 0 Å². The number of nitrogens with one attached hydrogen (secondary N) is 1. The molecule has 0 aliphatic carbocycles. The van der Waals surface area contributed by atoms with Gasteiger partial charge in [0, 0.05) is 13.0 Å². The van der Waals surface area contributed by atoms with E-state index in [0.29, 0.717) is 13.0 Å². The van der Waals surface area contributed by atoms with Gasteiger partial charge in [-0.3, -0.25) is 4.79 Å². The molecule has 1 atom stereocenters. The third-order valence-electron chi connectivity index (χ3n) is 2.86. The first kappa shape index (κ1) is 10.3.